The molecule has 3 rings (SSSR count). The van der Waals surface area contributed by atoms with E-state index in [2.05, 4.69) is 39.8 Å². The van der Waals surface area contributed by atoms with Crippen LogP contribution in [-0.2, 0) is 0 Å². The van der Waals surface area contributed by atoms with Crippen molar-refractivity contribution < 1.29 is 5.11 Å². The van der Waals surface area contributed by atoms with Crippen molar-refractivity contribution in [2.24, 2.45) is 16.7 Å². The summed E-state index contributed by atoms with van der Waals surface area (Å²) in [6, 6.07) is 4.30. The zero-order valence-corrected chi connectivity index (χ0v) is 12.9. The molecule has 1 aromatic carbocycles. The lowest BCUT2D eigenvalue weighted by atomic mass is 9.64. The molecule has 104 valence electrons. The molecule has 1 heteroatoms. The molecule has 2 fully saturated rings. The Hall–Kier alpha value is -0.980. The lowest BCUT2D eigenvalue weighted by Gasteiger charge is -2.40. The molecular weight excluding hydrogens is 232 g/mol. The Morgan fingerprint density at radius 2 is 1.84 bits per heavy atom. The Balaban J connectivity index is 2.11. The fraction of sp³-hybridized carbons (Fsp3) is 0.667. The van der Waals surface area contributed by atoms with E-state index in [9.17, 15) is 5.11 Å². The first-order chi connectivity index (χ1) is 8.77. The van der Waals surface area contributed by atoms with Gasteiger partial charge in [0.25, 0.3) is 0 Å². The Bertz CT molecular complexity index is 529. The smallest absolute Gasteiger partial charge is 0.121 e. The van der Waals surface area contributed by atoms with Gasteiger partial charge in [-0.3, -0.25) is 0 Å². The number of hydrogen-bond acceptors (Lipinski definition) is 1. The molecule has 1 nitrogen and oxygen atoms in total. The summed E-state index contributed by atoms with van der Waals surface area (Å²) in [6.45, 7) is 11.5. The minimum Gasteiger partial charge on any atom is -0.507 e. The lowest BCUT2D eigenvalue weighted by Crippen LogP contribution is -2.31. The molecule has 2 aliphatic carbocycles. The molecule has 0 aliphatic heterocycles. The number of aryl methyl sites for hydroxylation is 2. The van der Waals surface area contributed by atoms with Crippen LogP contribution in [0.5, 0.6) is 5.75 Å². The highest BCUT2D eigenvalue weighted by Crippen LogP contribution is 2.71. The van der Waals surface area contributed by atoms with Gasteiger partial charge >= 0.3 is 0 Å². The third-order valence-electron chi connectivity index (χ3n) is 6.64. The largest absolute Gasteiger partial charge is 0.507 e. The molecule has 0 amide bonds. The third kappa shape index (κ3) is 1.53. The van der Waals surface area contributed by atoms with E-state index < -0.39 is 0 Å². The van der Waals surface area contributed by atoms with Crippen LogP contribution in [-0.4, -0.2) is 5.11 Å². The van der Waals surface area contributed by atoms with E-state index >= 15 is 0 Å². The fourth-order valence-electron chi connectivity index (χ4n) is 4.93. The molecule has 2 saturated carbocycles. The maximum Gasteiger partial charge on any atom is 0.121 e. The summed E-state index contributed by atoms with van der Waals surface area (Å²) in [7, 11) is 0. The van der Waals surface area contributed by atoms with Gasteiger partial charge in [0.1, 0.15) is 5.75 Å². The van der Waals surface area contributed by atoms with Gasteiger partial charge in [-0.1, -0.05) is 38.5 Å². The number of phenolic OH excluding ortho intramolecular Hbond substituents is 1. The van der Waals surface area contributed by atoms with Crippen LogP contribution < -0.4 is 0 Å². The van der Waals surface area contributed by atoms with Crippen LogP contribution >= 0.6 is 0 Å². The van der Waals surface area contributed by atoms with Gasteiger partial charge in [0.2, 0.25) is 0 Å². The molecule has 0 aromatic heterocycles. The summed E-state index contributed by atoms with van der Waals surface area (Å²) in [4.78, 5) is 0. The number of benzene rings is 1. The second-order valence-electron chi connectivity index (χ2n) is 7.68. The van der Waals surface area contributed by atoms with E-state index in [1.165, 1.54) is 30.4 Å². The quantitative estimate of drug-likeness (QED) is 0.756. The fourth-order valence-corrected chi connectivity index (χ4v) is 4.93. The third-order valence-corrected chi connectivity index (χ3v) is 6.64. The zero-order chi connectivity index (χ0) is 14.0. The first kappa shape index (κ1) is 13.0. The van der Waals surface area contributed by atoms with Crippen molar-refractivity contribution >= 4 is 0 Å². The Labute approximate surface area is 117 Å². The number of rotatable bonds is 1. The summed E-state index contributed by atoms with van der Waals surface area (Å²) < 4.78 is 0. The number of fused-ring (bicyclic) bond motifs is 2. The van der Waals surface area contributed by atoms with Crippen LogP contribution in [0, 0.1) is 30.6 Å². The summed E-state index contributed by atoms with van der Waals surface area (Å²) in [5.41, 5.74) is 4.25. The summed E-state index contributed by atoms with van der Waals surface area (Å²) >= 11 is 0. The van der Waals surface area contributed by atoms with E-state index in [0.717, 1.165) is 11.5 Å². The van der Waals surface area contributed by atoms with Gasteiger partial charge in [0, 0.05) is 0 Å². The molecule has 1 aromatic rings. The SMILES string of the molecule is Cc1cc(C)c(O)c([C@H]2C[C@@H]3CC[C@@]2(C)C3(C)C)c1. The maximum atomic E-state index is 10.5. The Morgan fingerprint density at radius 3 is 2.37 bits per heavy atom. The predicted octanol–water partition coefficient (Wildman–Crippen LogP) is 4.94. The van der Waals surface area contributed by atoms with E-state index in [4.69, 9.17) is 0 Å². The van der Waals surface area contributed by atoms with Crippen molar-refractivity contribution in [1.82, 2.24) is 0 Å². The monoisotopic (exact) mass is 258 g/mol. The highest BCUT2D eigenvalue weighted by molar-refractivity contribution is 5.46. The molecule has 0 saturated heterocycles. The van der Waals surface area contributed by atoms with Crippen LogP contribution in [0.3, 0.4) is 0 Å². The van der Waals surface area contributed by atoms with Crippen LogP contribution in [0.2, 0.25) is 0 Å². The van der Waals surface area contributed by atoms with E-state index in [1.54, 1.807) is 0 Å². The average molecular weight is 258 g/mol. The standard InChI is InChI=1S/C18H26O/c1-11-8-12(2)16(19)14(9-11)15-10-13-6-7-18(15,5)17(13,3)4/h8-9,13,15,19H,6-7,10H2,1-5H3/t13-,15+,18+/m0/s1. The minimum atomic E-state index is 0.343. The molecule has 2 bridgehead atoms. The van der Waals surface area contributed by atoms with Crippen LogP contribution in [0.4, 0.5) is 0 Å². The van der Waals surface area contributed by atoms with Crippen LogP contribution in [0.1, 0.15) is 62.6 Å². The van der Waals surface area contributed by atoms with Gasteiger partial charge in [-0.25, -0.2) is 0 Å². The molecule has 0 spiro atoms. The number of hydrogen-bond donors (Lipinski definition) is 1. The van der Waals surface area contributed by atoms with Gasteiger partial charge in [0.05, 0.1) is 0 Å². The highest BCUT2D eigenvalue weighted by atomic mass is 16.3. The summed E-state index contributed by atoms with van der Waals surface area (Å²) in [5, 5.41) is 10.5. The second kappa shape index (κ2) is 3.77. The summed E-state index contributed by atoms with van der Waals surface area (Å²) in [5.74, 6) is 1.89. The van der Waals surface area contributed by atoms with Gasteiger partial charge in [-0.15, -0.1) is 0 Å². The van der Waals surface area contributed by atoms with Gasteiger partial charge < -0.3 is 5.11 Å². The number of phenols is 1. The average Bonchev–Trinajstić information content (AvgIpc) is 2.66. The zero-order valence-electron chi connectivity index (χ0n) is 12.9. The molecule has 0 heterocycles. The number of aromatic hydroxyl groups is 1. The molecule has 1 N–H and O–H groups in total. The topological polar surface area (TPSA) is 20.2 Å². The molecule has 0 radical (unpaired) electrons. The predicted molar refractivity (Wildman–Crippen MR) is 79.6 cm³/mol. The Kier molecular flexibility index (Phi) is 2.59. The molecular formula is C18H26O. The summed E-state index contributed by atoms with van der Waals surface area (Å²) in [6.07, 6.45) is 3.92. The molecule has 19 heavy (non-hydrogen) atoms. The lowest BCUT2D eigenvalue weighted by molar-refractivity contribution is 0.133. The maximum absolute atomic E-state index is 10.5. The first-order valence-corrected chi connectivity index (χ1v) is 7.57. The van der Waals surface area contributed by atoms with E-state index in [-0.39, 0.29) is 0 Å². The van der Waals surface area contributed by atoms with Crippen molar-refractivity contribution in [3.63, 3.8) is 0 Å². The molecule has 0 unspecified atom stereocenters. The Morgan fingerprint density at radius 1 is 1.16 bits per heavy atom. The van der Waals surface area contributed by atoms with Crippen molar-refractivity contribution in [3.8, 4) is 5.75 Å². The van der Waals surface area contributed by atoms with Crippen molar-refractivity contribution in [2.45, 2.75) is 59.8 Å². The van der Waals surface area contributed by atoms with Gasteiger partial charge in [-0.05, 0) is 66.9 Å². The van der Waals surface area contributed by atoms with E-state index in [0.29, 0.717) is 22.5 Å². The van der Waals surface area contributed by atoms with Crippen molar-refractivity contribution in [3.05, 3.63) is 28.8 Å². The van der Waals surface area contributed by atoms with Crippen LogP contribution in [0.25, 0.3) is 0 Å². The second-order valence-corrected chi connectivity index (χ2v) is 7.68. The minimum absolute atomic E-state index is 0.343. The van der Waals surface area contributed by atoms with Crippen molar-refractivity contribution in [2.75, 3.05) is 0 Å². The van der Waals surface area contributed by atoms with Crippen LogP contribution in [0.15, 0.2) is 12.1 Å². The molecule has 3 atom stereocenters. The van der Waals surface area contributed by atoms with Gasteiger partial charge in [-0.2, -0.15) is 0 Å². The normalized spacial score (nSPS) is 35.8. The van der Waals surface area contributed by atoms with Crippen molar-refractivity contribution in [1.29, 1.82) is 0 Å². The molecule has 2 aliphatic rings. The van der Waals surface area contributed by atoms with Gasteiger partial charge in [0.15, 0.2) is 0 Å². The van der Waals surface area contributed by atoms with E-state index in [1.807, 2.05) is 6.92 Å². The first-order valence-electron chi connectivity index (χ1n) is 7.57. The highest BCUT2D eigenvalue weighted by Gasteiger charge is 2.61.